The number of carbonyl (C=O) groups is 3. The van der Waals surface area contributed by atoms with Crippen LogP contribution in [-0.2, 0) is 30.9 Å². The van der Waals surface area contributed by atoms with Crippen molar-refractivity contribution in [2.75, 3.05) is 26.4 Å². The highest BCUT2D eigenvalue weighted by atomic mass is 32.2. The average Bonchev–Trinajstić information content (AvgIpc) is 3.18. The molecule has 1 aliphatic heterocycles. The van der Waals surface area contributed by atoms with Crippen LogP contribution in [0.1, 0.15) is 12.2 Å². The molecule has 32 heavy (non-hydrogen) atoms. The Morgan fingerprint density at radius 1 is 1.06 bits per heavy atom. The van der Waals surface area contributed by atoms with Crippen molar-refractivity contribution in [3.05, 3.63) is 42.4 Å². The third kappa shape index (κ3) is 6.72. The van der Waals surface area contributed by atoms with Gasteiger partial charge >= 0.3 is 12.0 Å². The van der Waals surface area contributed by atoms with E-state index >= 15 is 0 Å². The predicted octanol–water partition coefficient (Wildman–Crippen LogP) is 0.288. The van der Waals surface area contributed by atoms with Crippen LogP contribution in [0.5, 0.6) is 11.5 Å². The summed E-state index contributed by atoms with van der Waals surface area (Å²) in [7, 11) is -4.05. The van der Waals surface area contributed by atoms with Gasteiger partial charge in [0, 0.05) is 12.5 Å². The molecule has 0 saturated carbocycles. The van der Waals surface area contributed by atoms with Crippen molar-refractivity contribution in [1.82, 2.24) is 15.4 Å². The number of benzene rings is 1. The number of rotatable bonds is 8. The van der Waals surface area contributed by atoms with Gasteiger partial charge in [-0.1, -0.05) is 0 Å². The van der Waals surface area contributed by atoms with Gasteiger partial charge in [0.1, 0.15) is 12.3 Å². The van der Waals surface area contributed by atoms with Gasteiger partial charge in [0.25, 0.3) is 5.91 Å². The summed E-state index contributed by atoms with van der Waals surface area (Å²) in [5, 5.41) is 4.33. The lowest BCUT2D eigenvalue weighted by Gasteiger charge is -2.11. The highest BCUT2D eigenvalue weighted by Gasteiger charge is 2.20. The maximum absolute atomic E-state index is 12.4. The van der Waals surface area contributed by atoms with Crippen LogP contribution in [0.3, 0.4) is 0 Å². The Morgan fingerprint density at radius 2 is 1.84 bits per heavy atom. The monoisotopic (exact) mass is 467 g/mol. The van der Waals surface area contributed by atoms with E-state index in [-0.39, 0.29) is 17.2 Å². The number of furan rings is 1. The zero-order valence-corrected chi connectivity index (χ0v) is 17.6. The fourth-order valence-corrected chi connectivity index (χ4v) is 3.52. The molecule has 0 fully saturated rings. The minimum atomic E-state index is -4.05. The third-order valence-corrected chi connectivity index (χ3v) is 5.46. The number of nitrogens with one attached hydrogen (secondary N) is 3. The van der Waals surface area contributed by atoms with Crippen LogP contribution in [0.15, 0.2) is 45.9 Å². The molecule has 1 aromatic heterocycles. The molecular weight excluding hydrogens is 446 g/mol. The number of esters is 1. The molecule has 2 aromatic rings. The second kappa shape index (κ2) is 10.6. The van der Waals surface area contributed by atoms with Crippen molar-refractivity contribution in [3.8, 4) is 11.5 Å². The Bertz CT molecular complexity index is 1070. The molecule has 172 valence electrons. The Balaban J connectivity index is 1.41. The molecular formula is C19H21N3O9S. The molecule has 3 amide bonds. The fraction of sp³-hybridized carbons (Fsp3) is 0.316. The lowest BCUT2D eigenvalue weighted by Crippen LogP contribution is -2.41. The molecule has 0 saturated heterocycles. The second-order valence-corrected chi connectivity index (χ2v) is 8.22. The largest absolute Gasteiger partial charge is 0.490 e. The van der Waals surface area contributed by atoms with Gasteiger partial charge in [0.05, 0.1) is 30.9 Å². The molecule has 1 aromatic carbocycles. The average molecular weight is 467 g/mol. The van der Waals surface area contributed by atoms with E-state index in [1.54, 1.807) is 12.1 Å². The topological polar surface area (TPSA) is 162 Å². The Morgan fingerprint density at radius 3 is 2.59 bits per heavy atom. The Hall–Kier alpha value is -3.58. The summed E-state index contributed by atoms with van der Waals surface area (Å²) in [5.41, 5.74) is 0. The van der Waals surface area contributed by atoms with Gasteiger partial charge in [0.2, 0.25) is 10.0 Å². The molecule has 12 nitrogen and oxygen atoms in total. The zero-order chi connectivity index (χ0) is 23.0. The minimum Gasteiger partial charge on any atom is -0.490 e. The first-order chi connectivity index (χ1) is 15.3. The number of hydrogen-bond acceptors (Lipinski definition) is 9. The maximum Gasteiger partial charge on any atom is 0.321 e. The van der Waals surface area contributed by atoms with Gasteiger partial charge < -0.3 is 23.9 Å². The summed E-state index contributed by atoms with van der Waals surface area (Å²) in [6.07, 6.45) is 2.10. The van der Waals surface area contributed by atoms with Crippen molar-refractivity contribution in [2.24, 2.45) is 0 Å². The van der Waals surface area contributed by atoms with Crippen molar-refractivity contribution in [2.45, 2.75) is 17.9 Å². The van der Waals surface area contributed by atoms with Gasteiger partial charge in [-0.05, 0) is 24.3 Å². The van der Waals surface area contributed by atoms with E-state index in [4.69, 9.17) is 13.9 Å². The van der Waals surface area contributed by atoms with Crippen molar-refractivity contribution >= 4 is 27.9 Å². The number of hydrogen-bond donors (Lipinski definition) is 3. The first kappa shape index (κ1) is 23.1. The molecule has 0 aliphatic carbocycles. The number of imide groups is 1. The molecule has 2 heterocycles. The molecule has 3 N–H and O–H groups in total. The SMILES string of the molecule is O=C(COC(=O)CNS(=O)(=O)c1ccc2c(c1)OCCCO2)NC(=O)NCc1ccco1. The number of fused-ring (bicyclic) bond motifs is 1. The third-order valence-electron chi connectivity index (χ3n) is 4.06. The van der Waals surface area contributed by atoms with Crippen LogP contribution in [0, 0.1) is 0 Å². The first-order valence-corrected chi connectivity index (χ1v) is 11.0. The standard InChI is InChI=1S/C19H21N3O9S/c23-17(22-19(25)20-10-13-3-1-6-28-13)12-31-18(24)11-21-32(26,27)14-4-5-15-16(9-14)30-8-2-7-29-15/h1,3-6,9,21H,2,7-8,10-12H2,(H2,20,22,23,25). The number of ether oxygens (including phenoxy) is 3. The minimum absolute atomic E-state index is 0.0630. The summed E-state index contributed by atoms with van der Waals surface area (Å²) >= 11 is 0. The summed E-state index contributed by atoms with van der Waals surface area (Å²) in [6.45, 7) is -0.567. The van der Waals surface area contributed by atoms with Crippen LogP contribution in [0.4, 0.5) is 4.79 Å². The molecule has 3 rings (SSSR count). The van der Waals surface area contributed by atoms with Crippen LogP contribution >= 0.6 is 0 Å². The molecule has 13 heteroatoms. The van der Waals surface area contributed by atoms with Gasteiger partial charge in [-0.2, -0.15) is 4.72 Å². The van der Waals surface area contributed by atoms with E-state index in [0.29, 0.717) is 31.1 Å². The smallest absolute Gasteiger partial charge is 0.321 e. The van der Waals surface area contributed by atoms with Crippen LogP contribution in [-0.4, -0.2) is 52.7 Å². The zero-order valence-electron chi connectivity index (χ0n) is 16.8. The molecule has 0 bridgehead atoms. The second-order valence-electron chi connectivity index (χ2n) is 6.45. The Labute approximate surface area is 183 Å². The number of carbonyl (C=O) groups excluding carboxylic acids is 3. The summed E-state index contributed by atoms with van der Waals surface area (Å²) in [4.78, 5) is 34.9. The summed E-state index contributed by atoms with van der Waals surface area (Å²) < 4.78 is 47.5. The molecule has 1 aliphatic rings. The van der Waals surface area contributed by atoms with E-state index in [1.807, 2.05) is 5.32 Å². The summed E-state index contributed by atoms with van der Waals surface area (Å²) in [6, 6.07) is 6.55. The van der Waals surface area contributed by atoms with Crippen LogP contribution < -0.4 is 24.8 Å². The Kier molecular flexibility index (Phi) is 7.68. The predicted molar refractivity (Wildman–Crippen MR) is 107 cm³/mol. The molecule has 0 unspecified atom stereocenters. The van der Waals surface area contributed by atoms with Gasteiger partial charge in [-0.15, -0.1) is 0 Å². The highest BCUT2D eigenvalue weighted by Crippen LogP contribution is 2.31. The van der Waals surface area contributed by atoms with E-state index in [1.165, 1.54) is 24.5 Å². The highest BCUT2D eigenvalue weighted by molar-refractivity contribution is 7.89. The number of sulfonamides is 1. The van der Waals surface area contributed by atoms with E-state index < -0.39 is 41.1 Å². The lowest BCUT2D eigenvalue weighted by molar-refractivity contribution is -0.147. The van der Waals surface area contributed by atoms with E-state index in [0.717, 1.165) is 0 Å². The van der Waals surface area contributed by atoms with Crippen molar-refractivity contribution < 1.29 is 41.4 Å². The molecule has 0 spiro atoms. The lowest BCUT2D eigenvalue weighted by atomic mass is 10.3. The van der Waals surface area contributed by atoms with Gasteiger partial charge in [-0.3, -0.25) is 14.9 Å². The van der Waals surface area contributed by atoms with Crippen LogP contribution in [0.25, 0.3) is 0 Å². The normalized spacial score (nSPS) is 13.0. The van der Waals surface area contributed by atoms with Crippen LogP contribution in [0.2, 0.25) is 0 Å². The van der Waals surface area contributed by atoms with Crippen molar-refractivity contribution in [3.63, 3.8) is 0 Å². The number of urea groups is 1. The van der Waals surface area contributed by atoms with Gasteiger partial charge in [-0.25, -0.2) is 13.2 Å². The number of amides is 3. The quantitative estimate of drug-likeness (QED) is 0.463. The first-order valence-electron chi connectivity index (χ1n) is 9.48. The van der Waals surface area contributed by atoms with E-state index in [9.17, 15) is 22.8 Å². The maximum atomic E-state index is 12.4. The summed E-state index contributed by atoms with van der Waals surface area (Å²) in [5.74, 6) is -0.690. The van der Waals surface area contributed by atoms with Crippen molar-refractivity contribution in [1.29, 1.82) is 0 Å². The molecule has 0 atom stereocenters. The van der Waals surface area contributed by atoms with Gasteiger partial charge in [0.15, 0.2) is 18.1 Å². The fourth-order valence-electron chi connectivity index (χ4n) is 2.53. The molecule has 0 radical (unpaired) electrons. The van der Waals surface area contributed by atoms with E-state index in [2.05, 4.69) is 14.8 Å².